The number of nitrogens with one attached hydrogen (secondary N) is 2. The third-order valence-electron chi connectivity index (χ3n) is 3.85. The molecule has 3 rings (SSSR count). The minimum Gasteiger partial charge on any atom is -0.378 e. The van der Waals surface area contributed by atoms with E-state index in [0.717, 1.165) is 18.8 Å². The molecule has 26 heavy (non-hydrogen) atoms. The summed E-state index contributed by atoms with van der Waals surface area (Å²) < 4.78 is 32.3. The molecule has 1 aromatic carbocycles. The maximum absolute atomic E-state index is 12.2. The smallest absolute Gasteiger partial charge is 0.240 e. The van der Waals surface area contributed by atoms with E-state index in [0.29, 0.717) is 30.6 Å². The van der Waals surface area contributed by atoms with E-state index in [1.165, 1.54) is 12.1 Å². The zero-order valence-electron chi connectivity index (χ0n) is 14.1. The van der Waals surface area contributed by atoms with E-state index in [9.17, 15) is 8.42 Å². The Balaban J connectivity index is 1.52. The summed E-state index contributed by atoms with van der Waals surface area (Å²) in [4.78, 5) is 2.31. The van der Waals surface area contributed by atoms with Crippen LogP contribution in [-0.4, -0.2) is 58.0 Å². The van der Waals surface area contributed by atoms with Crippen LogP contribution in [0.1, 0.15) is 0 Å². The summed E-state index contributed by atoms with van der Waals surface area (Å²) in [5.41, 5.74) is 0.963. The van der Waals surface area contributed by atoms with Crippen molar-refractivity contribution in [2.45, 2.75) is 4.90 Å². The first-order valence-corrected chi connectivity index (χ1v) is 10.1. The summed E-state index contributed by atoms with van der Waals surface area (Å²) in [6.07, 6.45) is 1.71. The minimum atomic E-state index is -3.60. The normalized spacial score (nSPS) is 15.0. The summed E-state index contributed by atoms with van der Waals surface area (Å²) in [5.74, 6) is 0.593. The average molecular weight is 398 g/mol. The predicted octanol–water partition coefficient (Wildman–Crippen LogP) is 1.36. The van der Waals surface area contributed by atoms with Crippen molar-refractivity contribution in [3.63, 3.8) is 0 Å². The van der Waals surface area contributed by atoms with Gasteiger partial charge >= 0.3 is 0 Å². The summed E-state index contributed by atoms with van der Waals surface area (Å²) in [6, 6.07) is 8.03. The third-order valence-corrected chi connectivity index (χ3v) is 5.54. The largest absolute Gasteiger partial charge is 0.378 e. The topological polar surface area (TPSA) is 96.5 Å². The summed E-state index contributed by atoms with van der Waals surface area (Å²) >= 11 is 5.84. The Kier molecular flexibility index (Phi) is 6.25. The van der Waals surface area contributed by atoms with Crippen molar-refractivity contribution < 1.29 is 13.2 Å². The van der Waals surface area contributed by atoms with Gasteiger partial charge in [0.2, 0.25) is 10.0 Å². The summed E-state index contributed by atoms with van der Waals surface area (Å²) in [7, 11) is -3.60. The molecule has 1 aromatic heterocycles. The molecule has 10 heteroatoms. The van der Waals surface area contributed by atoms with Crippen molar-refractivity contribution in [3.8, 4) is 0 Å². The van der Waals surface area contributed by atoms with Crippen LogP contribution < -0.4 is 14.9 Å². The number of hydrogen-bond donors (Lipinski definition) is 2. The second-order valence-electron chi connectivity index (χ2n) is 5.68. The zero-order valence-corrected chi connectivity index (χ0v) is 15.6. The van der Waals surface area contributed by atoms with Crippen molar-refractivity contribution in [2.75, 3.05) is 49.6 Å². The molecule has 1 aliphatic rings. The highest BCUT2D eigenvalue weighted by molar-refractivity contribution is 7.89. The highest BCUT2D eigenvalue weighted by Crippen LogP contribution is 2.17. The molecule has 2 N–H and O–H groups in total. The molecule has 0 bridgehead atoms. The predicted molar refractivity (Wildman–Crippen MR) is 100 cm³/mol. The lowest BCUT2D eigenvalue weighted by Gasteiger charge is -2.28. The second-order valence-corrected chi connectivity index (χ2v) is 7.88. The van der Waals surface area contributed by atoms with Gasteiger partial charge in [-0.05, 0) is 18.2 Å². The number of nitrogens with zero attached hydrogens (tertiary/aromatic N) is 3. The molecule has 2 heterocycles. The Morgan fingerprint density at radius 1 is 1.19 bits per heavy atom. The van der Waals surface area contributed by atoms with Gasteiger partial charge in [0, 0.05) is 37.3 Å². The van der Waals surface area contributed by atoms with Crippen molar-refractivity contribution in [1.82, 2.24) is 14.9 Å². The Labute approximate surface area is 157 Å². The maximum atomic E-state index is 12.2. The number of halogens is 1. The van der Waals surface area contributed by atoms with Gasteiger partial charge in [-0.15, -0.1) is 5.10 Å². The van der Waals surface area contributed by atoms with E-state index >= 15 is 0 Å². The molecule has 0 aliphatic carbocycles. The number of ether oxygens (including phenoxy) is 1. The van der Waals surface area contributed by atoms with E-state index in [1.54, 1.807) is 18.3 Å². The number of sulfonamides is 1. The first kappa shape index (κ1) is 18.8. The fourth-order valence-electron chi connectivity index (χ4n) is 2.53. The van der Waals surface area contributed by atoms with Crippen LogP contribution in [0, 0.1) is 0 Å². The Hall–Kier alpha value is -1.94. The fraction of sp³-hybridized carbons (Fsp3) is 0.375. The number of benzene rings is 1. The van der Waals surface area contributed by atoms with Gasteiger partial charge in [-0.2, -0.15) is 5.10 Å². The van der Waals surface area contributed by atoms with Crippen molar-refractivity contribution in [2.24, 2.45) is 0 Å². The van der Waals surface area contributed by atoms with Crippen LogP contribution in [0.4, 0.5) is 11.5 Å². The van der Waals surface area contributed by atoms with Gasteiger partial charge in [-0.25, -0.2) is 13.1 Å². The average Bonchev–Trinajstić information content (AvgIpc) is 2.66. The summed E-state index contributed by atoms with van der Waals surface area (Å²) in [5, 5.41) is 11.5. The van der Waals surface area contributed by atoms with Gasteiger partial charge < -0.3 is 15.0 Å². The van der Waals surface area contributed by atoms with E-state index in [2.05, 4.69) is 25.1 Å². The van der Waals surface area contributed by atoms with Crippen LogP contribution in [0.3, 0.4) is 0 Å². The first-order chi connectivity index (χ1) is 12.5. The number of hydrogen-bond acceptors (Lipinski definition) is 7. The molecule has 8 nitrogen and oxygen atoms in total. The Bertz CT molecular complexity index is 843. The Morgan fingerprint density at radius 2 is 2.00 bits per heavy atom. The second kappa shape index (κ2) is 8.63. The lowest BCUT2D eigenvalue weighted by atomic mass is 10.3. The molecular weight excluding hydrogens is 378 g/mol. The van der Waals surface area contributed by atoms with E-state index in [-0.39, 0.29) is 11.4 Å². The molecular formula is C16H20ClN5O3S. The highest BCUT2D eigenvalue weighted by atomic mass is 35.5. The fourth-order valence-corrected chi connectivity index (χ4v) is 3.86. The van der Waals surface area contributed by atoms with Crippen LogP contribution in [0.5, 0.6) is 0 Å². The van der Waals surface area contributed by atoms with Gasteiger partial charge in [0.05, 0.1) is 30.0 Å². The van der Waals surface area contributed by atoms with Crippen molar-refractivity contribution in [1.29, 1.82) is 0 Å². The molecule has 1 saturated heterocycles. The number of anilines is 2. The monoisotopic (exact) mass is 397 g/mol. The quantitative estimate of drug-likeness (QED) is 0.681. The molecule has 0 atom stereocenters. The van der Waals surface area contributed by atoms with Gasteiger partial charge in [0.15, 0.2) is 5.82 Å². The van der Waals surface area contributed by atoms with E-state index in [4.69, 9.17) is 16.3 Å². The maximum Gasteiger partial charge on any atom is 0.240 e. The van der Waals surface area contributed by atoms with Crippen LogP contribution >= 0.6 is 11.6 Å². The summed E-state index contributed by atoms with van der Waals surface area (Å²) in [6.45, 7) is 3.58. The van der Waals surface area contributed by atoms with Crippen LogP contribution in [0.25, 0.3) is 0 Å². The molecule has 0 amide bonds. The van der Waals surface area contributed by atoms with Gasteiger partial charge in [0.25, 0.3) is 0 Å². The molecule has 0 radical (unpaired) electrons. The standard InChI is InChI=1S/C16H20ClN5O3S/c17-13-2-1-3-15(10-13)26(23,24)20-5-4-18-16-11-14(12-19-21-16)22-6-8-25-9-7-22/h1-3,10-12,20H,4-9H2,(H,18,21). The molecule has 0 unspecified atom stereocenters. The number of rotatable bonds is 7. The van der Waals surface area contributed by atoms with Gasteiger partial charge in [0.1, 0.15) is 0 Å². The van der Waals surface area contributed by atoms with Crippen molar-refractivity contribution >= 4 is 33.1 Å². The molecule has 140 valence electrons. The highest BCUT2D eigenvalue weighted by Gasteiger charge is 2.14. The Morgan fingerprint density at radius 3 is 2.77 bits per heavy atom. The first-order valence-electron chi connectivity index (χ1n) is 8.19. The van der Waals surface area contributed by atoms with Crippen LogP contribution in [0.2, 0.25) is 5.02 Å². The lowest BCUT2D eigenvalue weighted by molar-refractivity contribution is 0.122. The van der Waals surface area contributed by atoms with Gasteiger partial charge in [-0.3, -0.25) is 0 Å². The number of aromatic nitrogens is 2. The molecule has 0 spiro atoms. The number of morpholine rings is 1. The molecule has 1 fully saturated rings. The molecule has 1 aliphatic heterocycles. The van der Waals surface area contributed by atoms with E-state index in [1.807, 2.05) is 6.07 Å². The minimum absolute atomic E-state index is 0.138. The SMILES string of the molecule is O=S(=O)(NCCNc1cc(N2CCOCC2)cnn1)c1cccc(Cl)c1. The zero-order chi connectivity index (χ0) is 18.4. The molecule has 0 saturated carbocycles. The van der Waals surface area contributed by atoms with E-state index < -0.39 is 10.0 Å². The van der Waals surface area contributed by atoms with Gasteiger partial charge in [-0.1, -0.05) is 17.7 Å². The van der Waals surface area contributed by atoms with Crippen LogP contribution in [-0.2, 0) is 14.8 Å². The third kappa shape index (κ3) is 5.04. The van der Waals surface area contributed by atoms with Crippen molar-refractivity contribution in [3.05, 3.63) is 41.6 Å². The van der Waals surface area contributed by atoms with Crippen LogP contribution in [0.15, 0.2) is 41.4 Å². The molecule has 2 aromatic rings. The lowest BCUT2D eigenvalue weighted by Crippen LogP contribution is -2.36.